The number of rotatable bonds is 1. The largest absolute Gasteiger partial charge is 0.237 e. The monoisotopic (exact) mass is 172 g/mol. The second-order valence-electron chi connectivity index (χ2n) is 3.48. The van der Waals surface area contributed by atoms with Crippen LogP contribution in [0.2, 0.25) is 0 Å². The first-order valence-electron chi connectivity index (χ1n) is 4.75. The second kappa shape index (κ2) is 3.75. The van der Waals surface area contributed by atoms with E-state index in [1.165, 1.54) is 16.7 Å². The lowest BCUT2D eigenvalue weighted by molar-refractivity contribution is 0.723. The molecule has 0 aromatic heterocycles. The van der Waals surface area contributed by atoms with Crippen LogP contribution < -0.4 is 5.32 Å². The van der Waals surface area contributed by atoms with Crippen molar-refractivity contribution in [3.63, 3.8) is 0 Å². The van der Waals surface area contributed by atoms with E-state index in [2.05, 4.69) is 42.6 Å². The molecule has 1 aromatic rings. The summed E-state index contributed by atoms with van der Waals surface area (Å²) >= 11 is 0. The van der Waals surface area contributed by atoms with Crippen LogP contribution in [-0.2, 0) is 0 Å². The molecule has 0 unspecified atom stereocenters. The normalized spacial score (nSPS) is 16.8. The third-order valence-electron chi connectivity index (χ3n) is 2.43. The lowest BCUT2D eigenvalue weighted by Gasteiger charge is -2.12. The Kier molecular flexibility index (Phi) is 2.46. The van der Waals surface area contributed by atoms with E-state index in [-0.39, 0.29) is 0 Å². The van der Waals surface area contributed by atoms with Gasteiger partial charge in [0, 0.05) is 13.1 Å². The molecule has 1 aromatic carbocycles. The average Bonchev–Trinajstić information content (AvgIpc) is 2.20. The summed E-state index contributed by atoms with van der Waals surface area (Å²) < 4.78 is 0. The summed E-state index contributed by atoms with van der Waals surface area (Å²) in [4.78, 5) is 0. The first-order chi connectivity index (χ1) is 6.36. The average molecular weight is 172 g/mol. The van der Waals surface area contributed by atoms with Crippen molar-refractivity contribution in [1.29, 1.82) is 0 Å². The van der Waals surface area contributed by atoms with E-state index >= 15 is 0 Å². The van der Waals surface area contributed by atoms with Crippen LogP contribution in [0.3, 0.4) is 0 Å². The van der Waals surface area contributed by atoms with Gasteiger partial charge in [-0.05, 0) is 24.5 Å². The van der Waals surface area contributed by atoms with Crippen LogP contribution in [0.4, 0.5) is 0 Å². The van der Waals surface area contributed by atoms with Crippen molar-refractivity contribution in [2.24, 2.45) is 0 Å². The Hall–Kier alpha value is -1.08. The fourth-order valence-electron chi connectivity index (χ4n) is 1.60. The van der Waals surface area contributed by atoms with Gasteiger partial charge in [0.05, 0.1) is 0 Å². The number of benzene rings is 1. The van der Waals surface area contributed by atoms with E-state index in [0.717, 1.165) is 19.5 Å². The maximum Gasteiger partial charge on any atom is 0.0320 e. The van der Waals surface area contributed by atoms with Crippen LogP contribution in [0.5, 0.6) is 0 Å². The van der Waals surface area contributed by atoms with Crippen LogP contribution >= 0.6 is 0 Å². The van der Waals surface area contributed by atoms with E-state index in [4.69, 9.17) is 0 Å². The quantitative estimate of drug-likeness (QED) is 0.617. The molecule has 0 atom stereocenters. The number of nitrogens with zero attached hydrogens (tertiary/aromatic N) is 1. The van der Waals surface area contributed by atoms with Crippen LogP contribution in [0.25, 0.3) is 5.57 Å². The molecule has 0 aliphatic carbocycles. The minimum atomic E-state index is 0.892. The Bertz CT molecular complexity index is 308. The molecule has 0 fully saturated rings. The smallest absolute Gasteiger partial charge is 0.0320 e. The standard InChI is InChI=1S/C12H14N/c1-10-2-4-11(5-3-10)12-6-8-13-9-7-12/h2-6H,7-9H2,1H3. The van der Waals surface area contributed by atoms with Crippen LogP contribution in [-0.4, -0.2) is 13.1 Å². The molecular formula is C12H14N. The second-order valence-corrected chi connectivity index (χ2v) is 3.48. The van der Waals surface area contributed by atoms with E-state index < -0.39 is 0 Å². The summed E-state index contributed by atoms with van der Waals surface area (Å²) in [6.07, 6.45) is 3.33. The van der Waals surface area contributed by atoms with E-state index in [0.29, 0.717) is 0 Å². The predicted molar refractivity (Wildman–Crippen MR) is 55.6 cm³/mol. The Labute approximate surface area is 79.5 Å². The highest BCUT2D eigenvalue weighted by atomic mass is 14.8. The maximum atomic E-state index is 4.29. The molecule has 67 valence electrons. The summed E-state index contributed by atoms with van der Waals surface area (Å²) in [5.74, 6) is 0. The van der Waals surface area contributed by atoms with Crippen molar-refractivity contribution in [2.45, 2.75) is 13.3 Å². The van der Waals surface area contributed by atoms with Gasteiger partial charge in [-0.25, -0.2) is 5.32 Å². The van der Waals surface area contributed by atoms with Crippen LogP contribution in [0.1, 0.15) is 17.5 Å². The van der Waals surface area contributed by atoms with E-state index in [1.807, 2.05) is 0 Å². The highest BCUT2D eigenvalue weighted by Crippen LogP contribution is 2.19. The Morgan fingerprint density at radius 2 is 1.92 bits per heavy atom. The number of hydrogen-bond donors (Lipinski definition) is 0. The third-order valence-corrected chi connectivity index (χ3v) is 2.43. The third kappa shape index (κ3) is 1.99. The van der Waals surface area contributed by atoms with Crippen molar-refractivity contribution < 1.29 is 0 Å². The zero-order valence-electron chi connectivity index (χ0n) is 7.96. The molecule has 1 heteroatoms. The molecule has 2 rings (SSSR count). The van der Waals surface area contributed by atoms with Gasteiger partial charge < -0.3 is 0 Å². The zero-order valence-corrected chi connectivity index (χ0v) is 7.96. The van der Waals surface area contributed by atoms with Crippen LogP contribution in [0.15, 0.2) is 30.3 Å². The van der Waals surface area contributed by atoms with E-state index in [9.17, 15) is 0 Å². The zero-order chi connectivity index (χ0) is 9.10. The first-order valence-corrected chi connectivity index (χ1v) is 4.75. The topological polar surface area (TPSA) is 14.1 Å². The Balaban J connectivity index is 2.24. The number of hydrogen-bond acceptors (Lipinski definition) is 0. The summed E-state index contributed by atoms with van der Waals surface area (Å²) in [6.45, 7) is 4.00. The molecule has 13 heavy (non-hydrogen) atoms. The van der Waals surface area contributed by atoms with Crippen molar-refractivity contribution in [2.75, 3.05) is 13.1 Å². The van der Waals surface area contributed by atoms with Gasteiger partial charge in [0.1, 0.15) is 0 Å². The van der Waals surface area contributed by atoms with Crippen LogP contribution in [0, 0.1) is 6.92 Å². The van der Waals surface area contributed by atoms with Gasteiger partial charge >= 0.3 is 0 Å². The van der Waals surface area contributed by atoms with Gasteiger partial charge in [-0.1, -0.05) is 35.9 Å². The molecule has 0 spiro atoms. The molecule has 1 aliphatic rings. The molecule has 1 radical (unpaired) electrons. The van der Waals surface area contributed by atoms with Crippen molar-refractivity contribution in [3.8, 4) is 0 Å². The lowest BCUT2D eigenvalue weighted by Crippen LogP contribution is -2.12. The molecule has 0 saturated carbocycles. The van der Waals surface area contributed by atoms with Gasteiger partial charge in [0.15, 0.2) is 0 Å². The molecule has 0 amide bonds. The van der Waals surface area contributed by atoms with Gasteiger partial charge in [0.25, 0.3) is 0 Å². The maximum absolute atomic E-state index is 4.29. The predicted octanol–water partition coefficient (Wildman–Crippen LogP) is 2.39. The summed E-state index contributed by atoms with van der Waals surface area (Å²) in [5, 5.41) is 4.29. The first kappa shape index (κ1) is 8.52. The summed E-state index contributed by atoms with van der Waals surface area (Å²) in [7, 11) is 0. The minimum absolute atomic E-state index is 0.892. The highest BCUT2D eigenvalue weighted by Gasteiger charge is 2.05. The molecule has 0 saturated heterocycles. The molecule has 1 heterocycles. The minimum Gasteiger partial charge on any atom is -0.237 e. The van der Waals surface area contributed by atoms with E-state index in [1.54, 1.807) is 0 Å². The molecular weight excluding hydrogens is 158 g/mol. The van der Waals surface area contributed by atoms with Crippen molar-refractivity contribution in [1.82, 2.24) is 5.32 Å². The Morgan fingerprint density at radius 3 is 2.54 bits per heavy atom. The lowest BCUT2D eigenvalue weighted by atomic mass is 9.99. The number of aryl methyl sites for hydroxylation is 1. The molecule has 0 bridgehead atoms. The highest BCUT2D eigenvalue weighted by molar-refractivity contribution is 5.66. The molecule has 0 N–H and O–H groups in total. The van der Waals surface area contributed by atoms with Gasteiger partial charge in [-0.15, -0.1) is 0 Å². The SMILES string of the molecule is Cc1ccc(C2=CC[N]CC2)cc1. The molecule has 1 aliphatic heterocycles. The Morgan fingerprint density at radius 1 is 1.15 bits per heavy atom. The van der Waals surface area contributed by atoms with Crippen molar-refractivity contribution in [3.05, 3.63) is 41.5 Å². The van der Waals surface area contributed by atoms with Gasteiger partial charge in [-0.2, -0.15) is 0 Å². The fourth-order valence-corrected chi connectivity index (χ4v) is 1.60. The van der Waals surface area contributed by atoms with Crippen molar-refractivity contribution >= 4 is 5.57 Å². The fraction of sp³-hybridized carbons (Fsp3) is 0.333. The summed E-state index contributed by atoms with van der Waals surface area (Å²) in [6, 6.07) is 8.74. The molecule has 1 nitrogen and oxygen atoms in total. The summed E-state index contributed by atoms with van der Waals surface area (Å²) in [5.41, 5.74) is 4.14. The van der Waals surface area contributed by atoms with Gasteiger partial charge in [0.2, 0.25) is 0 Å². The van der Waals surface area contributed by atoms with Gasteiger partial charge in [-0.3, -0.25) is 0 Å².